The molecule has 0 aromatic carbocycles. The largest absolute Gasteiger partial charge is 0.504 e. The van der Waals surface area contributed by atoms with Crippen LogP contribution in [-0.4, -0.2) is 94.0 Å². The van der Waals surface area contributed by atoms with Crippen LogP contribution >= 0.6 is 0 Å². The number of esters is 3. The van der Waals surface area contributed by atoms with E-state index >= 15 is 0 Å². The molecule has 0 radical (unpaired) electrons. The monoisotopic (exact) mass is 562 g/mol. The zero-order valence-electron chi connectivity index (χ0n) is 22.9. The predicted molar refractivity (Wildman–Crippen MR) is 133 cm³/mol. The van der Waals surface area contributed by atoms with E-state index < -0.39 is 94.2 Å². The Labute approximate surface area is 230 Å². The number of Topliss-reactive ketones (excluding diaryl/α,β-unsaturated/α-hetero) is 1. The number of aliphatic hydroxyl groups excluding tert-OH is 4. The van der Waals surface area contributed by atoms with Crippen LogP contribution < -0.4 is 0 Å². The lowest BCUT2D eigenvalue weighted by molar-refractivity contribution is -0.273. The number of carbonyl (C=O) groups excluding carboxylic acids is 4. The number of ether oxygens (including phenoxy) is 4. The summed E-state index contributed by atoms with van der Waals surface area (Å²) in [7, 11) is 1.06. The molecule has 11 atom stereocenters. The maximum atomic E-state index is 13.6. The molecular weight excluding hydrogens is 528 g/mol. The van der Waals surface area contributed by atoms with E-state index in [2.05, 4.69) is 6.58 Å². The summed E-state index contributed by atoms with van der Waals surface area (Å²) in [6.45, 7) is 9.48. The SMILES string of the molecule is C=C(C)[C@@H](C(=O)O[C@H]1C(=O)O[C@@H]2CC3=C(C)C(=O)C(O)=C[C@]3(C)[C@H]3[C@@H](O)[C@H](O)[C@@]4(C(=O)OC)OC[C@@]23[C@@H]14)[C@H](C)O. The number of methoxy groups -OCH3 is 1. The second-order valence-corrected chi connectivity index (χ2v) is 11.9. The Morgan fingerprint density at radius 1 is 1.23 bits per heavy atom. The molecule has 218 valence electrons. The minimum atomic E-state index is -2.32. The summed E-state index contributed by atoms with van der Waals surface area (Å²) in [5.74, 6) is -7.94. The molecule has 40 heavy (non-hydrogen) atoms. The number of fused-ring (bicyclic) bond motifs is 2. The maximum absolute atomic E-state index is 13.6. The highest BCUT2D eigenvalue weighted by atomic mass is 16.6. The standard InChI is InChI=1S/C28H34O12/c1-10(2)16(12(4)29)23(34)40-19-21-27-9-38-28(21,25(36)37-6)22(33)18(32)20(27)26(5)8-14(30)17(31)11(3)13(26)7-15(27)39-24(19)35/h8,12,15-16,18-22,29-30,32-33H,1,7,9H2,2-6H3/t12-,15+,16+,18+,19+,20+,21+,22-,26-,27+,28-/m0/s1. The second-order valence-electron chi connectivity index (χ2n) is 11.9. The quantitative estimate of drug-likeness (QED) is 0.201. The Bertz CT molecular complexity index is 1280. The molecule has 1 spiro atoms. The normalized spacial score (nSPS) is 43.0. The van der Waals surface area contributed by atoms with Crippen molar-refractivity contribution >= 4 is 23.7 Å². The first-order chi connectivity index (χ1) is 18.6. The van der Waals surface area contributed by atoms with Gasteiger partial charge in [-0.3, -0.25) is 9.59 Å². The molecule has 4 fully saturated rings. The summed E-state index contributed by atoms with van der Waals surface area (Å²) in [5, 5.41) is 44.0. The van der Waals surface area contributed by atoms with E-state index in [9.17, 15) is 39.6 Å². The van der Waals surface area contributed by atoms with Crippen molar-refractivity contribution in [2.75, 3.05) is 13.7 Å². The van der Waals surface area contributed by atoms with E-state index in [4.69, 9.17) is 18.9 Å². The molecule has 3 aliphatic carbocycles. The number of rotatable bonds is 5. The zero-order chi connectivity index (χ0) is 29.7. The minimum absolute atomic E-state index is 0.00273. The number of ketones is 1. The summed E-state index contributed by atoms with van der Waals surface area (Å²) in [4.78, 5) is 52.9. The molecular formula is C28H34O12. The molecule has 4 N–H and O–H groups in total. The molecule has 12 heteroatoms. The van der Waals surface area contributed by atoms with Crippen molar-refractivity contribution in [3.05, 3.63) is 35.1 Å². The van der Waals surface area contributed by atoms with Gasteiger partial charge in [0.25, 0.3) is 0 Å². The van der Waals surface area contributed by atoms with Gasteiger partial charge < -0.3 is 39.4 Å². The first-order valence-electron chi connectivity index (χ1n) is 13.1. The average Bonchev–Trinajstić information content (AvgIpc) is 3.17. The lowest BCUT2D eigenvalue weighted by Gasteiger charge is -2.65. The summed E-state index contributed by atoms with van der Waals surface area (Å²) in [6, 6.07) is 0. The van der Waals surface area contributed by atoms with Crippen LogP contribution in [-0.2, 0) is 38.1 Å². The number of carbonyl (C=O) groups is 4. The van der Waals surface area contributed by atoms with E-state index in [0.29, 0.717) is 5.57 Å². The van der Waals surface area contributed by atoms with Crippen molar-refractivity contribution in [3.63, 3.8) is 0 Å². The Hall–Kier alpha value is -3.06. The number of hydrogen-bond acceptors (Lipinski definition) is 12. The fourth-order valence-corrected chi connectivity index (χ4v) is 8.32. The van der Waals surface area contributed by atoms with E-state index in [0.717, 1.165) is 7.11 Å². The third kappa shape index (κ3) is 3.27. The Balaban J connectivity index is 1.74. The van der Waals surface area contributed by atoms with Gasteiger partial charge in [0.2, 0.25) is 17.5 Å². The van der Waals surface area contributed by atoms with Gasteiger partial charge in [0.05, 0.1) is 31.8 Å². The van der Waals surface area contributed by atoms with Crippen molar-refractivity contribution in [1.82, 2.24) is 0 Å². The molecule has 0 amide bonds. The summed E-state index contributed by atoms with van der Waals surface area (Å²) < 4.78 is 22.6. The molecule has 2 bridgehead atoms. The molecule has 0 aromatic heterocycles. The van der Waals surface area contributed by atoms with Gasteiger partial charge in [0.1, 0.15) is 18.1 Å². The fraction of sp³-hybridized carbons (Fsp3) is 0.643. The van der Waals surface area contributed by atoms with Crippen LogP contribution in [0.2, 0.25) is 0 Å². The molecule has 0 aromatic rings. The molecule has 0 unspecified atom stereocenters. The highest BCUT2D eigenvalue weighted by Crippen LogP contribution is 2.71. The van der Waals surface area contributed by atoms with Gasteiger partial charge in [-0.1, -0.05) is 19.1 Å². The first kappa shape index (κ1) is 28.5. The third-order valence-corrected chi connectivity index (χ3v) is 9.84. The lowest BCUT2D eigenvalue weighted by Crippen LogP contribution is -2.78. The van der Waals surface area contributed by atoms with Crippen LogP contribution in [0.1, 0.15) is 34.1 Å². The molecule has 12 nitrogen and oxygen atoms in total. The first-order valence-corrected chi connectivity index (χ1v) is 13.1. The summed E-state index contributed by atoms with van der Waals surface area (Å²) in [5.41, 5.74) is -4.01. The van der Waals surface area contributed by atoms with Gasteiger partial charge in [-0.25, -0.2) is 9.59 Å². The van der Waals surface area contributed by atoms with Crippen molar-refractivity contribution in [2.24, 2.45) is 28.6 Å². The molecule has 2 saturated heterocycles. The summed E-state index contributed by atoms with van der Waals surface area (Å²) in [6.07, 6.45) is -6.40. The topological polar surface area (TPSA) is 186 Å². The molecule has 2 saturated carbocycles. The lowest BCUT2D eigenvalue weighted by atomic mass is 9.40. The number of aliphatic hydroxyl groups is 4. The third-order valence-electron chi connectivity index (χ3n) is 9.84. The highest BCUT2D eigenvalue weighted by Gasteiger charge is 2.84. The van der Waals surface area contributed by atoms with Gasteiger partial charge in [0, 0.05) is 28.7 Å². The van der Waals surface area contributed by atoms with Crippen LogP contribution in [0.5, 0.6) is 0 Å². The maximum Gasteiger partial charge on any atom is 0.348 e. The second kappa shape index (κ2) is 8.97. The van der Waals surface area contributed by atoms with E-state index in [1.54, 1.807) is 6.92 Å². The van der Waals surface area contributed by atoms with Gasteiger partial charge in [-0.15, -0.1) is 0 Å². The predicted octanol–water partition coefficient (Wildman–Crippen LogP) is 0.0440. The Morgan fingerprint density at radius 2 is 1.88 bits per heavy atom. The van der Waals surface area contributed by atoms with Crippen LogP contribution in [0, 0.1) is 28.6 Å². The van der Waals surface area contributed by atoms with E-state index in [1.165, 1.54) is 26.8 Å². The van der Waals surface area contributed by atoms with Gasteiger partial charge >= 0.3 is 17.9 Å². The minimum Gasteiger partial charge on any atom is -0.504 e. The van der Waals surface area contributed by atoms with E-state index in [1.807, 2.05) is 0 Å². The Kier molecular flexibility index (Phi) is 6.38. The van der Waals surface area contributed by atoms with Crippen molar-refractivity contribution in [1.29, 1.82) is 0 Å². The van der Waals surface area contributed by atoms with Gasteiger partial charge in [-0.2, -0.15) is 0 Å². The van der Waals surface area contributed by atoms with Crippen molar-refractivity contribution in [2.45, 2.75) is 70.2 Å². The molecule has 2 heterocycles. The van der Waals surface area contributed by atoms with Crippen LogP contribution in [0.25, 0.3) is 0 Å². The smallest absolute Gasteiger partial charge is 0.348 e. The van der Waals surface area contributed by atoms with Crippen LogP contribution in [0.4, 0.5) is 0 Å². The van der Waals surface area contributed by atoms with Crippen molar-refractivity contribution in [3.8, 4) is 0 Å². The van der Waals surface area contributed by atoms with Crippen LogP contribution in [0.15, 0.2) is 35.1 Å². The van der Waals surface area contributed by atoms with Gasteiger partial charge in [-0.05, 0) is 32.4 Å². The Morgan fingerprint density at radius 3 is 2.45 bits per heavy atom. The zero-order valence-corrected chi connectivity index (χ0v) is 22.9. The molecule has 5 rings (SSSR count). The molecule has 5 aliphatic rings. The fourth-order valence-electron chi connectivity index (χ4n) is 8.32. The number of allylic oxidation sites excluding steroid dienone is 2. The van der Waals surface area contributed by atoms with Crippen LogP contribution in [0.3, 0.4) is 0 Å². The highest BCUT2D eigenvalue weighted by molar-refractivity contribution is 6.08. The van der Waals surface area contributed by atoms with Crippen molar-refractivity contribution < 1.29 is 58.6 Å². The number of hydrogen-bond donors (Lipinski definition) is 4. The molecule has 2 aliphatic heterocycles. The van der Waals surface area contributed by atoms with E-state index in [-0.39, 0.29) is 24.2 Å². The van der Waals surface area contributed by atoms with Gasteiger partial charge in [0.15, 0.2) is 5.76 Å². The average molecular weight is 563 g/mol. The summed E-state index contributed by atoms with van der Waals surface area (Å²) >= 11 is 0.